The number of anilines is 3. The van der Waals surface area contributed by atoms with Crippen molar-refractivity contribution in [1.29, 1.82) is 0 Å². The number of halogens is 1. The Bertz CT molecular complexity index is 997. The molecule has 2 aliphatic heterocycles. The number of nitrogens with zero attached hydrogens (tertiary/aromatic N) is 3. The summed E-state index contributed by atoms with van der Waals surface area (Å²) in [5, 5.41) is 2.78. The lowest BCUT2D eigenvalue weighted by atomic mass is 9.97. The maximum Gasteiger partial charge on any atom is 0.229 e. The average Bonchev–Trinajstić information content (AvgIpc) is 3.16. The van der Waals surface area contributed by atoms with E-state index < -0.39 is 11.7 Å². The van der Waals surface area contributed by atoms with Crippen molar-refractivity contribution < 1.29 is 18.8 Å². The van der Waals surface area contributed by atoms with Crippen molar-refractivity contribution in [2.45, 2.75) is 19.3 Å². The Labute approximate surface area is 179 Å². The first-order valence-electron chi connectivity index (χ1n) is 10.3. The number of benzene rings is 1. The number of primary amides is 1. The van der Waals surface area contributed by atoms with Crippen LogP contribution in [0, 0.1) is 17.7 Å². The van der Waals surface area contributed by atoms with Crippen molar-refractivity contribution in [2.24, 2.45) is 17.6 Å². The van der Waals surface area contributed by atoms with Crippen LogP contribution >= 0.6 is 0 Å². The van der Waals surface area contributed by atoms with E-state index in [1.54, 1.807) is 30.5 Å². The minimum atomic E-state index is -0.579. The fourth-order valence-corrected chi connectivity index (χ4v) is 4.10. The third-order valence-corrected chi connectivity index (χ3v) is 5.80. The van der Waals surface area contributed by atoms with Gasteiger partial charge in [0.15, 0.2) is 0 Å². The Kier molecular flexibility index (Phi) is 5.83. The van der Waals surface area contributed by atoms with Crippen LogP contribution in [0.5, 0.6) is 0 Å². The zero-order valence-electron chi connectivity index (χ0n) is 17.0. The van der Waals surface area contributed by atoms with Crippen molar-refractivity contribution in [3.05, 3.63) is 48.4 Å². The summed E-state index contributed by atoms with van der Waals surface area (Å²) in [4.78, 5) is 44.2. The molecule has 1 aromatic carbocycles. The number of hydrogen-bond acceptors (Lipinski definition) is 5. The molecule has 2 atom stereocenters. The fourth-order valence-electron chi connectivity index (χ4n) is 4.10. The molecule has 0 aliphatic carbocycles. The van der Waals surface area contributed by atoms with Gasteiger partial charge in [-0.1, -0.05) is 12.1 Å². The van der Waals surface area contributed by atoms with Gasteiger partial charge in [0.05, 0.1) is 29.4 Å². The van der Waals surface area contributed by atoms with E-state index in [9.17, 15) is 18.8 Å². The van der Waals surface area contributed by atoms with Crippen LogP contribution in [-0.2, 0) is 14.4 Å². The molecule has 0 saturated carbocycles. The van der Waals surface area contributed by atoms with Gasteiger partial charge in [0, 0.05) is 26.1 Å². The van der Waals surface area contributed by atoms with Crippen molar-refractivity contribution in [3.8, 4) is 0 Å². The van der Waals surface area contributed by atoms with Crippen molar-refractivity contribution in [1.82, 2.24) is 4.98 Å². The Hall–Kier alpha value is -3.49. The molecule has 0 radical (unpaired) electrons. The van der Waals surface area contributed by atoms with Crippen LogP contribution in [0.4, 0.5) is 21.6 Å². The van der Waals surface area contributed by atoms with Gasteiger partial charge in [-0.3, -0.25) is 14.4 Å². The Balaban J connectivity index is 1.37. The molecule has 4 rings (SSSR count). The fraction of sp³-hybridized carbons (Fsp3) is 0.364. The summed E-state index contributed by atoms with van der Waals surface area (Å²) in [6, 6.07) is 9.54. The first kappa shape index (κ1) is 20.8. The third kappa shape index (κ3) is 4.50. The van der Waals surface area contributed by atoms with Gasteiger partial charge in [0.1, 0.15) is 11.6 Å². The molecule has 2 fully saturated rings. The first-order chi connectivity index (χ1) is 14.9. The second kappa shape index (κ2) is 8.71. The molecule has 2 aliphatic rings. The molecule has 162 valence electrons. The monoisotopic (exact) mass is 425 g/mol. The summed E-state index contributed by atoms with van der Waals surface area (Å²) in [5.74, 6) is -1.44. The topological polar surface area (TPSA) is 109 Å². The molecule has 3 amide bonds. The van der Waals surface area contributed by atoms with Gasteiger partial charge in [-0.05, 0) is 37.1 Å². The number of rotatable bonds is 5. The number of nitrogens with two attached hydrogens (primary N) is 1. The Morgan fingerprint density at radius 3 is 2.65 bits per heavy atom. The van der Waals surface area contributed by atoms with Gasteiger partial charge in [0.2, 0.25) is 17.7 Å². The molecular weight excluding hydrogens is 401 g/mol. The Morgan fingerprint density at radius 1 is 1.13 bits per heavy atom. The first-order valence-corrected chi connectivity index (χ1v) is 10.3. The van der Waals surface area contributed by atoms with Crippen LogP contribution in [0.25, 0.3) is 0 Å². The van der Waals surface area contributed by atoms with Crippen LogP contribution in [0.15, 0.2) is 42.6 Å². The quantitative estimate of drug-likeness (QED) is 0.761. The summed E-state index contributed by atoms with van der Waals surface area (Å²) < 4.78 is 14.0. The lowest BCUT2D eigenvalue weighted by Crippen LogP contribution is -2.41. The highest BCUT2D eigenvalue weighted by Gasteiger charge is 2.36. The van der Waals surface area contributed by atoms with Gasteiger partial charge in [0.25, 0.3) is 0 Å². The second-order valence-electron chi connectivity index (χ2n) is 7.94. The van der Waals surface area contributed by atoms with Crippen molar-refractivity contribution in [3.63, 3.8) is 0 Å². The van der Waals surface area contributed by atoms with E-state index in [0.717, 1.165) is 19.4 Å². The van der Waals surface area contributed by atoms with E-state index in [0.29, 0.717) is 18.1 Å². The summed E-state index contributed by atoms with van der Waals surface area (Å²) in [5.41, 5.74) is 6.12. The zero-order chi connectivity index (χ0) is 22.0. The van der Waals surface area contributed by atoms with Crippen LogP contribution in [0.2, 0.25) is 0 Å². The normalized spacial score (nSPS) is 21.3. The molecule has 1 aromatic heterocycles. The number of pyridine rings is 1. The smallest absolute Gasteiger partial charge is 0.229 e. The molecule has 8 nitrogen and oxygen atoms in total. The van der Waals surface area contributed by atoms with E-state index in [1.807, 2.05) is 4.90 Å². The van der Waals surface area contributed by atoms with Crippen molar-refractivity contribution >= 4 is 34.9 Å². The number of amides is 3. The number of aromatic nitrogens is 1. The maximum absolute atomic E-state index is 14.0. The lowest BCUT2D eigenvalue weighted by Gasteiger charge is -2.32. The summed E-state index contributed by atoms with van der Waals surface area (Å²) in [7, 11) is 0. The molecule has 3 heterocycles. The number of carbonyl (C=O) groups excluding carboxylic acids is 3. The van der Waals surface area contributed by atoms with Crippen LogP contribution in [-0.4, -0.2) is 42.3 Å². The second-order valence-corrected chi connectivity index (χ2v) is 7.94. The number of hydrogen-bond donors (Lipinski definition) is 2. The molecule has 2 saturated heterocycles. The molecule has 0 spiro atoms. The third-order valence-electron chi connectivity index (χ3n) is 5.80. The number of piperidine rings is 1. The minimum absolute atomic E-state index is 0.0218. The summed E-state index contributed by atoms with van der Waals surface area (Å²) >= 11 is 0. The van der Waals surface area contributed by atoms with Gasteiger partial charge < -0.3 is 20.9 Å². The highest BCUT2D eigenvalue weighted by Crippen LogP contribution is 2.28. The van der Waals surface area contributed by atoms with Crippen LogP contribution < -0.4 is 20.9 Å². The largest absolute Gasteiger partial charge is 0.369 e. The molecule has 31 heavy (non-hydrogen) atoms. The average molecular weight is 425 g/mol. The SMILES string of the molecule is NC(=O)C1CCCN(c2ccc(NC(=O)C3CC(=O)N(c4ccccc4F)C3)cn2)C1. The van der Waals surface area contributed by atoms with E-state index in [1.165, 1.54) is 17.0 Å². The molecule has 2 aromatic rings. The number of nitrogens with one attached hydrogen (secondary N) is 1. The van der Waals surface area contributed by atoms with E-state index in [4.69, 9.17) is 5.73 Å². The summed E-state index contributed by atoms with van der Waals surface area (Å²) in [6.45, 7) is 1.45. The molecular formula is C22H24FN5O3. The Morgan fingerprint density at radius 2 is 1.94 bits per heavy atom. The van der Waals surface area contributed by atoms with Gasteiger partial charge in [-0.25, -0.2) is 9.37 Å². The molecule has 0 bridgehead atoms. The minimum Gasteiger partial charge on any atom is -0.369 e. The van der Waals surface area contributed by atoms with Gasteiger partial charge in [-0.15, -0.1) is 0 Å². The predicted molar refractivity (Wildman–Crippen MR) is 114 cm³/mol. The van der Waals surface area contributed by atoms with E-state index >= 15 is 0 Å². The van der Waals surface area contributed by atoms with Gasteiger partial charge >= 0.3 is 0 Å². The van der Waals surface area contributed by atoms with Crippen molar-refractivity contribution in [2.75, 3.05) is 34.8 Å². The predicted octanol–water partition coefficient (Wildman–Crippen LogP) is 1.91. The molecule has 9 heteroatoms. The van der Waals surface area contributed by atoms with E-state index in [-0.39, 0.29) is 42.3 Å². The van der Waals surface area contributed by atoms with Crippen LogP contribution in [0.3, 0.4) is 0 Å². The number of para-hydroxylation sites is 1. The standard InChI is InChI=1S/C22H24FN5O3/c23-17-5-1-2-6-18(17)28-13-15(10-20(28)29)22(31)26-16-7-8-19(25-11-16)27-9-3-4-14(12-27)21(24)30/h1-2,5-8,11,14-15H,3-4,9-10,12-13H2,(H2,24,30)(H,26,31). The summed E-state index contributed by atoms with van der Waals surface area (Å²) in [6.07, 6.45) is 3.21. The number of carbonyl (C=O) groups is 3. The zero-order valence-corrected chi connectivity index (χ0v) is 17.0. The highest BCUT2D eigenvalue weighted by molar-refractivity contribution is 6.03. The maximum atomic E-state index is 14.0. The van der Waals surface area contributed by atoms with E-state index in [2.05, 4.69) is 10.3 Å². The lowest BCUT2D eigenvalue weighted by molar-refractivity contribution is -0.122. The van der Waals surface area contributed by atoms with Crippen LogP contribution in [0.1, 0.15) is 19.3 Å². The van der Waals surface area contributed by atoms with Gasteiger partial charge in [-0.2, -0.15) is 0 Å². The molecule has 2 unspecified atom stereocenters. The highest BCUT2D eigenvalue weighted by atomic mass is 19.1. The molecule has 3 N–H and O–H groups in total.